The molecule has 0 spiro atoms. The Labute approximate surface area is 322 Å². The van der Waals surface area contributed by atoms with E-state index in [1.807, 2.05) is 11.3 Å². The summed E-state index contributed by atoms with van der Waals surface area (Å²) in [7, 11) is 0. The van der Waals surface area contributed by atoms with Crippen molar-refractivity contribution in [2.45, 2.75) is 0 Å². The van der Waals surface area contributed by atoms with Gasteiger partial charge in [-0.1, -0.05) is 170 Å². The summed E-state index contributed by atoms with van der Waals surface area (Å²) in [5, 5.41) is 18.2. The lowest BCUT2D eigenvalue weighted by molar-refractivity contribution is 1.63. The summed E-state index contributed by atoms with van der Waals surface area (Å²) >= 11 is 1.91. The Hall–Kier alpha value is -6.80. The molecule has 0 nitrogen and oxygen atoms in total. The van der Waals surface area contributed by atoms with Crippen LogP contribution in [0.1, 0.15) is 0 Å². The molecule has 0 radical (unpaired) electrons. The average Bonchev–Trinajstić information content (AvgIpc) is 3.63. The van der Waals surface area contributed by atoms with Gasteiger partial charge in [0.25, 0.3) is 0 Å². The minimum atomic E-state index is 1.23. The highest BCUT2D eigenvalue weighted by Gasteiger charge is 2.19. The SMILES string of the molecule is c1cc(-c2ccc3ccccc3c2)cc(-c2c3ccccc3c(-c3ccc4c(c3)sc3ccc5c6ccccc6c6ccccc6c5c34)c3ccccc23)c1. The van der Waals surface area contributed by atoms with E-state index < -0.39 is 0 Å². The van der Waals surface area contributed by atoms with Gasteiger partial charge in [0.05, 0.1) is 0 Å². The highest BCUT2D eigenvalue weighted by molar-refractivity contribution is 7.26. The van der Waals surface area contributed by atoms with Crippen LogP contribution in [0.3, 0.4) is 0 Å². The summed E-state index contributed by atoms with van der Waals surface area (Å²) in [4.78, 5) is 0. The number of fused-ring (bicyclic) bond motifs is 13. The molecule has 1 heteroatoms. The van der Waals surface area contributed by atoms with E-state index in [1.165, 1.54) is 118 Å². The molecule has 0 aliphatic heterocycles. The topological polar surface area (TPSA) is 0 Å². The molecule has 11 aromatic carbocycles. The van der Waals surface area contributed by atoms with E-state index in [-0.39, 0.29) is 0 Å². The minimum Gasteiger partial charge on any atom is -0.135 e. The zero-order valence-electron chi connectivity index (χ0n) is 29.9. The smallest absolute Gasteiger partial charge is 0.0362 e. The summed E-state index contributed by atoms with van der Waals surface area (Å²) in [5.74, 6) is 0. The number of hydrogen-bond acceptors (Lipinski definition) is 1. The monoisotopic (exact) mass is 712 g/mol. The fourth-order valence-corrected chi connectivity index (χ4v) is 10.5. The quantitative estimate of drug-likeness (QED) is 0.126. The van der Waals surface area contributed by atoms with Crippen LogP contribution >= 0.6 is 11.3 Å². The molecule has 0 saturated heterocycles. The fourth-order valence-electron chi connectivity index (χ4n) is 9.39. The molecule has 12 rings (SSSR count). The van der Waals surface area contributed by atoms with E-state index >= 15 is 0 Å². The third-order valence-corrected chi connectivity index (χ3v) is 12.9. The fraction of sp³-hybridized carbons (Fsp3) is 0. The summed E-state index contributed by atoms with van der Waals surface area (Å²) in [6.07, 6.45) is 0. The first-order valence-electron chi connectivity index (χ1n) is 19.0. The predicted molar refractivity (Wildman–Crippen MR) is 241 cm³/mol. The number of benzene rings is 11. The Bertz CT molecular complexity index is 3460. The van der Waals surface area contributed by atoms with Gasteiger partial charge >= 0.3 is 0 Å². The van der Waals surface area contributed by atoms with Crippen molar-refractivity contribution in [1.82, 2.24) is 0 Å². The second kappa shape index (κ2) is 11.9. The number of thiophene rings is 1. The predicted octanol–water partition coefficient (Wildman–Crippen LogP) is 16.0. The number of hydrogen-bond donors (Lipinski definition) is 0. The Morgan fingerprint density at radius 2 is 0.709 bits per heavy atom. The number of rotatable bonds is 3. The van der Waals surface area contributed by atoms with Gasteiger partial charge in [-0.2, -0.15) is 0 Å². The van der Waals surface area contributed by atoms with E-state index in [2.05, 4.69) is 194 Å². The first-order valence-corrected chi connectivity index (χ1v) is 19.8. The van der Waals surface area contributed by atoms with Crippen LogP contribution in [0.4, 0.5) is 0 Å². The van der Waals surface area contributed by atoms with Gasteiger partial charge < -0.3 is 0 Å². The lowest BCUT2D eigenvalue weighted by Crippen LogP contribution is -1.91. The van der Waals surface area contributed by atoms with Gasteiger partial charge in [-0.25, -0.2) is 0 Å². The Morgan fingerprint density at radius 1 is 0.236 bits per heavy atom. The molecule has 0 atom stereocenters. The molecule has 0 bridgehead atoms. The van der Waals surface area contributed by atoms with Gasteiger partial charge in [-0.05, 0) is 122 Å². The maximum Gasteiger partial charge on any atom is 0.0362 e. The van der Waals surface area contributed by atoms with Gasteiger partial charge in [0.2, 0.25) is 0 Å². The van der Waals surface area contributed by atoms with Crippen molar-refractivity contribution in [1.29, 1.82) is 0 Å². The van der Waals surface area contributed by atoms with Crippen molar-refractivity contribution in [3.8, 4) is 33.4 Å². The molecule has 0 fully saturated rings. The van der Waals surface area contributed by atoms with Crippen LogP contribution in [-0.2, 0) is 0 Å². The van der Waals surface area contributed by atoms with E-state index in [1.54, 1.807) is 0 Å². The van der Waals surface area contributed by atoms with Crippen LogP contribution in [0.2, 0.25) is 0 Å². The first kappa shape index (κ1) is 30.6. The van der Waals surface area contributed by atoms with Gasteiger partial charge in [0, 0.05) is 20.2 Å². The van der Waals surface area contributed by atoms with Gasteiger partial charge in [-0.15, -0.1) is 11.3 Å². The lowest BCUT2D eigenvalue weighted by atomic mass is 9.85. The standard InChI is InChI=1S/C54H32S/c1-2-13-34-30-36(25-24-33(34)12-1)35-14-11-15-37(31-35)51-43-20-7-9-22-45(43)52(46-23-10-8-21-44(46)51)38-26-27-48-50(32-38)55-49-29-28-47-41-18-4-3-16-39(41)40-17-5-6-19-42(40)53(47)54(48)49/h1-32H. The van der Waals surface area contributed by atoms with Crippen LogP contribution in [0.25, 0.3) is 118 Å². The molecular weight excluding hydrogens is 681 g/mol. The molecule has 1 heterocycles. The summed E-state index contributed by atoms with van der Waals surface area (Å²) < 4.78 is 2.65. The second-order valence-electron chi connectivity index (χ2n) is 14.7. The Balaban J connectivity index is 1.09. The maximum absolute atomic E-state index is 2.45. The first-order chi connectivity index (χ1) is 27.3. The third-order valence-electron chi connectivity index (χ3n) is 11.8. The Kier molecular flexibility index (Phi) is 6.60. The molecule has 12 aromatic rings. The molecule has 0 unspecified atom stereocenters. The van der Waals surface area contributed by atoms with Gasteiger partial charge in [-0.3, -0.25) is 0 Å². The molecule has 254 valence electrons. The highest BCUT2D eigenvalue weighted by Crippen LogP contribution is 2.48. The van der Waals surface area contributed by atoms with E-state index in [0.29, 0.717) is 0 Å². The molecule has 55 heavy (non-hydrogen) atoms. The largest absolute Gasteiger partial charge is 0.135 e. The summed E-state index contributed by atoms with van der Waals surface area (Å²) in [6, 6.07) is 72.2. The van der Waals surface area contributed by atoms with Crippen LogP contribution in [0, 0.1) is 0 Å². The van der Waals surface area contributed by atoms with Crippen molar-refractivity contribution in [2.24, 2.45) is 0 Å². The van der Waals surface area contributed by atoms with Crippen LogP contribution in [-0.4, -0.2) is 0 Å². The Morgan fingerprint density at radius 3 is 1.38 bits per heavy atom. The highest BCUT2D eigenvalue weighted by atomic mass is 32.1. The summed E-state index contributed by atoms with van der Waals surface area (Å²) in [6.45, 7) is 0. The van der Waals surface area contributed by atoms with Crippen LogP contribution in [0.5, 0.6) is 0 Å². The van der Waals surface area contributed by atoms with E-state index in [9.17, 15) is 0 Å². The van der Waals surface area contributed by atoms with Gasteiger partial charge in [0.15, 0.2) is 0 Å². The third kappa shape index (κ3) is 4.57. The minimum absolute atomic E-state index is 1.23. The van der Waals surface area contributed by atoms with Crippen molar-refractivity contribution in [3.05, 3.63) is 194 Å². The van der Waals surface area contributed by atoms with Crippen molar-refractivity contribution in [3.63, 3.8) is 0 Å². The van der Waals surface area contributed by atoms with E-state index in [0.717, 1.165) is 0 Å². The molecular formula is C54H32S. The zero-order valence-corrected chi connectivity index (χ0v) is 30.7. The molecule has 1 aromatic heterocycles. The second-order valence-corrected chi connectivity index (χ2v) is 15.8. The van der Waals surface area contributed by atoms with E-state index in [4.69, 9.17) is 0 Å². The maximum atomic E-state index is 2.45. The van der Waals surface area contributed by atoms with Gasteiger partial charge in [0.1, 0.15) is 0 Å². The van der Waals surface area contributed by atoms with Crippen molar-refractivity contribution < 1.29 is 0 Å². The van der Waals surface area contributed by atoms with Crippen LogP contribution in [0.15, 0.2) is 194 Å². The normalized spacial score (nSPS) is 12.0. The molecule has 0 N–H and O–H groups in total. The van der Waals surface area contributed by atoms with Crippen molar-refractivity contribution >= 4 is 96.1 Å². The van der Waals surface area contributed by atoms with Crippen LogP contribution < -0.4 is 0 Å². The average molecular weight is 713 g/mol. The lowest BCUT2D eigenvalue weighted by Gasteiger charge is -2.18. The molecule has 0 aliphatic rings. The molecule has 0 saturated carbocycles. The molecule has 0 amide bonds. The molecule has 0 aliphatic carbocycles. The van der Waals surface area contributed by atoms with Crippen molar-refractivity contribution in [2.75, 3.05) is 0 Å². The zero-order chi connectivity index (χ0) is 36.0. The summed E-state index contributed by atoms with van der Waals surface area (Å²) in [5.41, 5.74) is 7.52.